The van der Waals surface area contributed by atoms with E-state index in [4.69, 9.17) is 0 Å². The topological polar surface area (TPSA) is 57.6 Å². The molecular formula is C14H16INO3. The summed E-state index contributed by atoms with van der Waals surface area (Å²) in [6.45, 7) is 1.83. The van der Waals surface area contributed by atoms with Crippen molar-refractivity contribution in [3.05, 3.63) is 44.7 Å². The lowest BCUT2D eigenvalue weighted by Crippen LogP contribution is -2.22. The van der Waals surface area contributed by atoms with Crippen molar-refractivity contribution in [2.75, 3.05) is 14.1 Å². The number of carbonyl (C=O) groups excluding carboxylic acids is 1. The number of carboxylic acid groups (broad SMARTS) is 1. The molecule has 19 heavy (non-hydrogen) atoms. The molecule has 0 amide bonds. The van der Waals surface area contributed by atoms with Crippen molar-refractivity contribution in [2.24, 2.45) is 0 Å². The third-order valence-corrected chi connectivity index (χ3v) is 3.36. The number of Topliss-reactive ketones (excluding diaryl/α,β-unsaturated/α-hetero) is 1. The molecule has 0 aliphatic heterocycles. The molecule has 0 saturated carbocycles. The normalized spacial score (nSPS) is 11.8. The fraction of sp³-hybridized carbons (Fsp3) is 0.286. The first-order valence-electron chi connectivity index (χ1n) is 5.82. The minimum absolute atomic E-state index is 0.158. The monoisotopic (exact) mass is 373 g/mol. The summed E-state index contributed by atoms with van der Waals surface area (Å²) in [5, 5.41) is 9.32. The number of rotatable bonds is 5. The summed E-state index contributed by atoms with van der Waals surface area (Å²) in [5.74, 6) is -1.63. The smallest absolute Gasteiger partial charge is 0.341 e. The minimum atomic E-state index is -1.19. The van der Waals surface area contributed by atoms with E-state index < -0.39 is 11.8 Å². The number of ketones is 1. The molecule has 1 rings (SSSR count). The van der Waals surface area contributed by atoms with Crippen LogP contribution >= 0.6 is 22.6 Å². The van der Waals surface area contributed by atoms with E-state index in [-0.39, 0.29) is 5.57 Å². The van der Waals surface area contributed by atoms with Gasteiger partial charge in [0, 0.05) is 28.9 Å². The molecule has 0 atom stereocenters. The Balaban J connectivity index is 3.36. The maximum Gasteiger partial charge on any atom is 0.341 e. The molecule has 1 aromatic carbocycles. The summed E-state index contributed by atoms with van der Waals surface area (Å²) in [6, 6.07) is 6.93. The van der Waals surface area contributed by atoms with Gasteiger partial charge in [-0.3, -0.25) is 4.79 Å². The van der Waals surface area contributed by atoms with E-state index in [2.05, 4.69) is 22.6 Å². The van der Waals surface area contributed by atoms with Gasteiger partial charge in [0.2, 0.25) is 5.78 Å². The van der Waals surface area contributed by atoms with Crippen molar-refractivity contribution in [3.8, 4) is 0 Å². The van der Waals surface area contributed by atoms with Crippen LogP contribution in [0, 0.1) is 3.57 Å². The van der Waals surface area contributed by atoms with E-state index in [1.54, 1.807) is 37.2 Å². The fourth-order valence-electron chi connectivity index (χ4n) is 1.84. The van der Waals surface area contributed by atoms with Crippen LogP contribution in [0.2, 0.25) is 0 Å². The number of hydrogen-bond donors (Lipinski definition) is 1. The average molecular weight is 373 g/mol. The predicted octanol–water partition coefficient (Wildman–Crippen LogP) is 2.78. The fourth-order valence-corrected chi connectivity index (χ4v) is 2.39. The van der Waals surface area contributed by atoms with Gasteiger partial charge < -0.3 is 10.0 Å². The van der Waals surface area contributed by atoms with Crippen molar-refractivity contribution in [2.45, 2.75) is 13.3 Å². The first-order valence-corrected chi connectivity index (χ1v) is 6.90. The van der Waals surface area contributed by atoms with Crippen LogP contribution < -0.4 is 0 Å². The Bertz CT molecular complexity index is 535. The van der Waals surface area contributed by atoms with Gasteiger partial charge in [-0.2, -0.15) is 0 Å². The average Bonchev–Trinajstić information content (AvgIpc) is 2.34. The SMILES string of the molecule is CCC(=C(C(=O)O)C(=O)c1cccc(I)c1)N(C)C. The molecule has 0 aromatic heterocycles. The molecule has 0 heterocycles. The Labute approximate surface area is 126 Å². The highest BCUT2D eigenvalue weighted by molar-refractivity contribution is 14.1. The molecule has 1 N–H and O–H groups in total. The van der Waals surface area contributed by atoms with E-state index in [9.17, 15) is 14.7 Å². The molecule has 102 valence electrons. The number of carboxylic acids is 1. The summed E-state index contributed by atoms with van der Waals surface area (Å²) >= 11 is 2.09. The molecule has 0 unspecified atom stereocenters. The summed E-state index contributed by atoms with van der Waals surface area (Å²) < 4.78 is 0.899. The lowest BCUT2D eigenvalue weighted by atomic mass is 10.00. The van der Waals surface area contributed by atoms with E-state index in [0.29, 0.717) is 17.7 Å². The Morgan fingerprint density at radius 2 is 1.95 bits per heavy atom. The van der Waals surface area contributed by atoms with Crippen LogP contribution in [-0.2, 0) is 4.79 Å². The number of halogens is 1. The lowest BCUT2D eigenvalue weighted by Gasteiger charge is -2.18. The van der Waals surface area contributed by atoms with Gasteiger partial charge in [-0.1, -0.05) is 19.1 Å². The van der Waals surface area contributed by atoms with Gasteiger partial charge in [0.15, 0.2) is 0 Å². The van der Waals surface area contributed by atoms with Crippen LogP contribution in [0.4, 0.5) is 0 Å². The van der Waals surface area contributed by atoms with Crippen LogP contribution in [0.3, 0.4) is 0 Å². The second-order valence-electron chi connectivity index (χ2n) is 4.21. The largest absolute Gasteiger partial charge is 0.477 e. The quantitative estimate of drug-likeness (QED) is 0.284. The Kier molecular flexibility index (Phi) is 5.53. The Morgan fingerprint density at radius 3 is 2.37 bits per heavy atom. The zero-order valence-corrected chi connectivity index (χ0v) is 13.3. The zero-order valence-electron chi connectivity index (χ0n) is 11.1. The molecule has 0 saturated heterocycles. The number of benzene rings is 1. The first-order chi connectivity index (χ1) is 8.88. The summed E-state index contributed by atoms with van der Waals surface area (Å²) in [7, 11) is 3.48. The third kappa shape index (κ3) is 3.79. The van der Waals surface area contributed by atoms with Gasteiger partial charge in [-0.15, -0.1) is 0 Å². The molecule has 0 aliphatic carbocycles. The van der Waals surface area contributed by atoms with Crippen molar-refractivity contribution in [1.82, 2.24) is 4.90 Å². The molecule has 1 aromatic rings. The Morgan fingerprint density at radius 1 is 1.32 bits per heavy atom. The molecule has 4 nitrogen and oxygen atoms in total. The van der Waals surface area contributed by atoms with E-state index >= 15 is 0 Å². The molecule has 0 bridgehead atoms. The maximum absolute atomic E-state index is 12.4. The second kappa shape index (κ2) is 6.70. The highest BCUT2D eigenvalue weighted by Crippen LogP contribution is 2.18. The molecular weight excluding hydrogens is 357 g/mol. The van der Waals surface area contributed by atoms with Gasteiger partial charge in [0.05, 0.1) is 0 Å². The number of carbonyl (C=O) groups is 2. The minimum Gasteiger partial charge on any atom is -0.477 e. The first kappa shape index (κ1) is 15.7. The summed E-state index contributed by atoms with van der Waals surface area (Å²) in [6.07, 6.45) is 0.490. The molecule has 0 fully saturated rings. The van der Waals surface area contributed by atoms with Gasteiger partial charge in [0.1, 0.15) is 5.57 Å². The predicted molar refractivity (Wildman–Crippen MR) is 82.1 cm³/mol. The maximum atomic E-state index is 12.4. The highest BCUT2D eigenvalue weighted by Gasteiger charge is 2.24. The van der Waals surface area contributed by atoms with Crippen molar-refractivity contribution >= 4 is 34.3 Å². The standard InChI is InChI=1S/C14H16INO3/c1-4-11(16(2)3)12(14(18)19)13(17)9-6-5-7-10(15)8-9/h5-8H,4H2,1-3H3,(H,18,19). The van der Waals surface area contributed by atoms with Gasteiger partial charge in [-0.25, -0.2) is 4.79 Å². The van der Waals surface area contributed by atoms with Crippen LogP contribution in [0.1, 0.15) is 23.7 Å². The van der Waals surface area contributed by atoms with E-state index in [1.165, 1.54) is 0 Å². The van der Waals surface area contributed by atoms with Gasteiger partial charge >= 0.3 is 5.97 Å². The zero-order chi connectivity index (χ0) is 14.6. The molecule has 0 spiro atoms. The molecule has 0 radical (unpaired) electrons. The van der Waals surface area contributed by atoms with Crippen molar-refractivity contribution in [3.63, 3.8) is 0 Å². The van der Waals surface area contributed by atoms with Gasteiger partial charge in [-0.05, 0) is 41.1 Å². The van der Waals surface area contributed by atoms with E-state index in [1.807, 2.05) is 13.0 Å². The molecule has 5 heteroatoms. The number of aliphatic carboxylic acids is 1. The van der Waals surface area contributed by atoms with Crippen molar-refractivity contribution < 1.29 is 14.7 Å². The highest BCUT2D eigenvalue weighted by atomic mass is 127. The van der Waals surface area contributed by atoms with E-state index in [0.717, 1.165) is 3.57 Å². The second-order valence-corrected chi connectivity index (χ2v) is 5.46. The van der Waals surface area contributed by atoms with Crippen LogP contribution in [0.5, 0.6) is 0 Å². The lowest BCUT2D eigenvalue weighted by molar-refractivity contribution is -0.132. The summed E-state index contributed by atoms with van der Waals surface area (Å²) in [4.78, 5) is 25.4. The number of hydrogen-bond acceptors (Lipinski definition) is 3. The van der Waals surface area contributed by atoms with Crippen molar-refractivity contribution in [1.29, 1.82) is 0 Å². The summed E-state index contributed by atoms with van der Waals surface area (Å²) in [5.41, 5.74) is 0.767. The Hall–Kier alpha value is -1.37. The van der Waals surface area contributed by atoms with Crippen LogP contribution in [0.15, 0.2) is 35.5 Å². The third-order valence-electron chi connectivity index (χ3n) is 2.69. The van der Waals surface area contributed by atoms with Gasteiger partial charge in [0.25, 0.3) is 0 Å². The van der Waals surface area contributed by atoms with Crippen LogP contribution in [-0.4, -0.2) is 35.9 Å². The van der Waals surface area contributed by atoms with Crippen LogP contribution in [0.25, 0.3) is 0 Å². The number of allylic oxidation sites excluding steroid dienone is 1. The number of nitrogens with zero attached hydrogens (tertiary/aromatic N) is 1. The molecule has 0 aliphatic rings.